The van der Waals surface area contributed by atoms with Crippen molar-refractivity contribution in [2.24, 2.45) is 10.9 Å². The molecule has 1 fully saturated rings. The van der Waals surface area contributed by atoms with Crippen molar-refractivity contribution in [1.82, 2.24) is 0 Å². The number of aromatic hydroxyl groups is 1. The van der Waals surface area contributed by atoms with E-state index >= 15 is 0 Å². The van der Waals surface area contributed by atoms with Gasteiger partial charge < -0.3 is 15.5 Å². The Morgan fingerprint density at radius 3 is 2.74 bits per heavy atom. The first-order chi connectivity index (χ1) is 11.2. The third-order valence-corrected chi connectivity index (χ3v) is 4.90. The van der Waals surface area contributed by atoms with Gasteiger partial charge >= 0.3 is 0 Å². The number of phenols is 1. The number of nitrogens with one attached hydrogen (secondary N) is 1. The van der Waals surface area contributed by atoms with E-state index in [1.54, 1.807) is 30.3 Å². The quantitative estimate of drug-likeness (QED) is 0.311. The highest BCUT2D eigenvalue weighted by Gasteiger charge is 2.26. The molecular weight excluding hydrogens is 312 g/mol. The predicted molar refractivity (Wildman–Crippen MR) is 91.9 cm³/mol. The Morgan fingerprint density at radius 1 is 1.35 bits per heavy atom. The number of aliphatic hydroxyl groups excluding tert-OH is 1. The smallest absolute Gasteiger partial charge is 0.162 e. The zero-order valence-electron chi connectivity index (χ0n) is 12.5. The molecular formula is C17H18N2O3S. The Kier molecular flexibility index (Phi) is 4.73. The number of carbonyl (C=O) groups is 1. The Labute approximate surface area is 138 Å². The number of aldehydes is 1. The molecule has 1 saturated carbocycles. The van der Waals surface area contributed by atoms with E-state index in [-0.39, 0.29) is 5.75 Å². The van der Waals surface area contributed by atoms with Crippen LogP contribution in [0.1, 0.15) is 39.9 Å². The van der Waals surface area contributed by atoms with Crippen LogP contribution in [0.4, 0.5) is 11.4 Å². The summed E-state index contributed by atoms with van der Waals surface area (Å²) >= 11 is 1.29. The van der Waals surface area contributed by atoms with Gasteiger partial charge in [-0.25, -0.2) is 4.99 Å². The van der Waals surface area contributed by atoms with Crippen LogP contribution in [0, 0.1) is 5.92 Å². The summed E-state index contributed by atoms with van der Waals surface area (Å²) in [5.74, 6) is 0.817. The van der Waals surface area contributed by atoms with Gasteiger partial charge in [-0.1, -0.05) is 12.8 Å². The number of aliphatic hydroxyl groups is 1. The number of aliphatic imine (C=N–C) groups is 1. The molecule has 1 aromatic heterocycles. The number of carbonyl (C=O) groups excluding carboxylic acids is 1. The Hall–Kier alpha value is -2.18. The summed E-state index contributed by atoms with van der Waals surface area (Å²) in [5, 5.41) is 22.4. The minimum Gasteiger partial charge on any atom is -0.508 e. The molecule has 2 aromatic rings. The van der Waals surface area contributed by atoms with Gasteiger partial charge in [0.2, 0.25) is 0 Å². The average Bonchev–Trinajstić information content (AvgIpc) is 3.26. The summed E-state index contributed by atoms with van der Waals surface area (Å²) in [4.78, 5) is 16.7. The number of hydrogen-bond acceptors (Lipinski definition) is 5. The number of hydrogen-bond donors (Lipinski definition) is 3. The lowest BCUT2D eigenvalue weighted by molar-refractivity contribution is 0.112. The molecule has 1 aliphatic carbocycles. The molecule has 120 valence electrons. The van der Waals surface area contributed by atoms with Gasteiger partial charge in [0.25, 0.3) is 0 Å². The maximum atomic E-state index is 11.2. The topological polar surface area (TPSA) is 81.9 Å². The molecule has 0 bridgehead atoms. The molecule has 0 aliphatic heterocycles. The average molecular weight is 330 g/mol. The van der Waals surface area contributed by atoms with Crippen molar-refractivity contribution in [2.45, 2.75) is 25.4 Å². The Bertz CT molecular complexity index is 705. The number of anilines is 1. The van der Waals surface area contributed by atoms with Gasteiger partial charge in [0.05, 0.1) is 23.0 Å². The van der Waals surface area contributed by atoms with Gasteiger partial charge in [0, 0.05) is 10.6 Å². The maximum absolute atomic E-state index is 11.2. The Balaban J connectivity index is 1.68. The second-order valence-corrected chi connectivity index (χ2v) is 6.78. The van der Waals surface area contributed by atoms with E-state index in [0.29, 0.717) is 16.5 Å². The summed E-state index contributed by atoms with van der Waals surface area (Å²) < 4.78 is 0. The molecule has 6 heteroatoms. The van der Waals surface area contributed by atoms with Crippen LogP contribution in [0.5, 0.6) is 5.75 Å². The highest BCUT2D eigenvalue weighted by Crippen LogP contribution is 2.40. The van der Waals surface area contributed by atoms with Crippen molar-refractivity contribution >= 4 is 35.3 Å². The van der Waals surface area contributed by atoms with E-state index < -0.39 is 6.10 Å². The van der Waals surface area contributed by atoms with E-state index in [0.717, 1.165) is 23.3 Å². The van der Waals surface area contributed by atoms with Crippen LogP contribution in [-0.4, -0.2) is 22.8 Å². The first kappa shape index (κ1) is 15.7. The van der Waals surface area contributed by atoms with Gasteiger partial charge in [-0.15, -0.1) is 11.3 Å². The fraction of sp³-hybridized carbons (Fsp3) is 0.294. The van der Waals surface area contributed by atoms with Crippen LogP contribution in [0.25, 0.3) is 0 Å². The highest BCUT2D eigenvalue weighted by molar-refractivity contribution is 7.14. The van der Waals surface area contributed by atoms with Crippen molar-refractivity contribution in [3.05, 3.63) is 40.1 Å². The van der Waals surface area contributed by atoms with Crippen molar-refractivity contribution in [3.63, 3.8) is 0 Å². The number of rotatable bonds is 7. The summed E-state index contributed by atoms with van der Waals surface area (Å²) in [7, 11) is 0. The predicted octanol–water partition coefficient (Wildman–Crippen LogP) is 3.87. The fourth-order valence-electron chi connectivity index (χ4n) is 2.28. The SMILES string of the molecule is O=Cc1sc(C(O)CC2CC2)cc1/N=C\Nc1ccc(O)cc1. The van der Waals surface area contributed by atoms with Crippen LogP contribution in [0.3, 0.4) is 0 Å². The summed E-state index contributed by atoms with van der Waals surface area (Å²) in [6.45, 7) is 0. The van der Waals surface area contributed by atoms with Gasteiger partial charge in [-0.2, -0.15) is 0 Å². The van der Waals surface area contributed by atoms with Crippen LogP contribution in [0.2, 0.25) is 0 Å². The third-order valence-electron chi connectivity index (χ3n) is 3.75. The third kappa shape index (κ3) is 4.18. The van der Waals surface area contributed by atoms with Gasteiger partial charge in [0.15, 0.2) is 6.29 Å². The van der Waals surface area contributed by atoms with E-state index in [1.165, 1.54) is 30.5 Å². The van der Waals surface area contributed by atoms with Gasteiger partial charge in [0.1, 0.15) is 5.75 Å². The number of thiophene rings is 1. The molecule has 3 N–H and O–H groups in total. The standard InChI is InChI=1S/C17H18N2O3S/c20-9-17-14(8-16(23-17)15(22)7-11-1-2-11)19-10-18-12-3-5-13(21)6-4-12/h3-6,8-11,15,21-22H,1-2,7H2,(H,18,19). The van der Waals surface area contributed by atoms with Crippen LogP contribution < -0.4 is 5.32 Å². The zero-order chi connectivity index (χ0) is 16.2. The summed E-state index contributed by atoms with van der Waals surface area (Å²) in [6, 6.07) is 8.37. The minimum atomic E-state index is -0.514. The van der Waals surface area contributed by atoms with E-state index in [9.17, 15) is 15.0 Å². The fourth-order valence-corrected chi connectivity index (χ4v) is 3.20. The van der Waals surface area contributed by atoms with E-state index in [1.807, 2.05) is 0 Å². The van der Waals surface area contributed by atoms with Gasteiger partial charge in [-0.05, 0) is 42.7 Å². The molecule has 1 aliphatic rings. The largest absolute Gasteiger partial charge is 0.508 e. The lowest BCUT2D eigenvalue weighted by atomic mass is 10.1. The minimum absolute atomic E-state index is 0.197. The highest BCUT2D eigenvalue weighted by atomic mass is 32.1. The molecule has 5 nitrogen and oxygen atoms in total. The molecule has 1 aromatic carbocycles. The van der Waals surface area contributed by atoms with E-state index in [2.05, 4.69) is 10.3 Å². The molecule has 1 atom stereocenters. The first-order valence-electron chi connectivity index (χ1n) is 7.51. The van der Waals surface area contributed by atoms with Crippen molar-refractivity contribution in [3.8, 4) is 5.75 Å². The van der Waals surface area contributed by atoms with Gasteiger partial charge in [-0.3, -0.25) is 4.79 Å². The molecule has 0 amide bonds. The normalized spacial score (nSPS) is 15.7. The summed E-state index contributed by atoms with van der Waals surface area (Å²) in [5.41, 5.74) is 1.34. The number of benzene rings is 1. The van der Waals surface area contributed by atoms with Crippen LogP contribution in [-0.2, 0) is 0 Å². The number of nitrogens with zero attached hydrogens (tertiary/aromatic N) is 1. The van der Waals surface area contributed by atoms with Crippen molar-refractivity contribution in [1.29, 1.82) is 0 Å². The zero-order valence-corrected chi connectivity index (χ0v) is 13.3. The molecule has 0 radical (unpaired) electrons. The molecule has 23 heavy (non-hydrogen) atoms. The van der Waals surface area contributed by atoms with Crippen LogP contribution in [0.15, 0.2) is 35.3 Å². The van der Waals surface area contributed by atoms with Crippen molar-refractivity contribution < 1.29 is 15.0 Å². The monoisotopic (exact) mass is 330 g/mol. The number of phenolic OH excluding ortho intramolecular Hbond substituents is 1. The molecule has 1 heterocycles. The lowest BCUT2D eigenvalue weighted by Crippen LogP contribution is -1.95. The van der Waals surface area contributed by atoms with Crippen molar-refractivity contribution in [2.75, 3.05) is 5.32 Å². The second-order valence-electron chi connectivity index (χ2n) is 5.66. The van der Waals surface area contributed by atoms with E-state index in [4.69, 9.17) is 0 Å². The summed E-state index contributed by atoms with van der Waals surface area (Å²) in [6.07, 6.45) is 4.88. The maximum Gasteiger partial charge on any atom is 0.162 e. The lowest BCUT2D eigenvalue weighted by Gasteiger charge is -2.05. The molecule has 0 saturated heterocycles. The molecule has 3 rings (SSSR count). The molecule has 0 spiro atoms. The second kappa shape index (κ2) is 6.93. The Morgan fingerprint density at radius 2 is 2.09 bits per heavy atom. The van der Waals surface area contributed by atoms with Crippen LogP contribution >= 0.6 is 11.3 Å². The first-order valence-corrected chi connectivity index (χ1v) is 8.32. The molecule has 1 unspecified atom stereocenters.